The minimum absolute atomic E-state index is 0.0695. The Balaban J connectivity index is 2.16. The lowest BCUT2D eigenvalue weighted by Gasteiger charge is -2.09. The first kappa shape index (κ1) is 13.7. The summed E-state index contributed by atoms with van der Waals surface area (Å²) in [5, 5.41) is 0. The van der Waals surface area contributed by atoms with Crippen LogP contribution < -0.4 is 4.74 Å². The number of carbonyl (C=O) groups is 1. The molecule has 98 valence electrons. The summed E-state index contributed by atoms with van der Waals surface area (Å²) in [6.07, 6.45) is 0.536. The molecule has 0 aromatic heterocycles. The van der Waals surface area contributed by atoms with Crippen molar-refractivity contribution in [2.24, 2.45) is 0 Å². The molecular formula is C14H9BrF2O2. The van der Waals surface area contributed by atoms with Crippen LogP contribution >= 0.6 is 15.9 Å². The number of hydrogen-bond donors (Lipinski definition) is 0. The molecule has 0 saturated carbocycles. The van der Waals surface area contributed by atoms with E-state index in [2.05, 4.69) is 15.9 Å². The SMILES string of the molecule is O=Cc1cc(F)cc(OCc2cccc(F)c2Br)c1. The van der Waals surface area contributed by atoms with Gasteiger partial charge in [-0.15, -0.1) is 0 Å². The third kappa shape index (κ3) is 3.38. The van der Waals surface area contributed by atoms with Crippen molar-refractivity contribution >= 4 is 22.2 Å². The molecule has 0 heterocycles. The smallest absolute Gasteiger partial charge is 0.150 e. The molecular weight excluding hydrogens is 318 g/mol. The monoisotopic (exact) mass is 326 g/mol. The number of aldehydes is 1. The molecule has 2 aromatic carbocycles. The van der Waals surface area contributed by atoms with Crippen LogP contribution in [0, 0.1) is 11.6 Å². The fourth-order valence-corrected chi connectivity index (χ4v) is 1.94. The van der Waals surface area contributed by atoms with E-state index in [0.29, 0.717) is 16.3 Å². The van der Waals surface area contributed by atoms with Gasteiger partial charge in [0.1, 0.15) is 30.3 Å². The van der Waals surface area contributed by atoms with Gasteiger partial charge in [0.05, 0.1) is 4.47 Å². The van der Waals surface area contributed by atoms with Crippen LogP contribution in [0.4, 0.5) is 8.78 Å². The summed E-state index contributed by atoms with van der Waals surface area (Å²) in [5.41, 5.74) is 0.783. The van der Waals surface area contributed by atoms with Crippen LogP contribution in [0.1, 0.15) is 15.9 Å². The molecule has 2 aromatic rings. The summed E-state index contributed by atoms with van der Waals surface area (Å²) in [4.78, 5) is 10.6. The van der Waals surface area contributed by atoms with Crippen molar-refractivity contribution in [3.8, 4) is 5.75 Å². The highest BCUT2D eigenvalue weighted by atomic mass is 79.9. The lowest BCUT2D eigenvalue weighted by molar-refractivity contribution is 0.112. The van der Waals surface area contributed by atoms with Crippen LogP contribution in [-0.4, -0.2) is 6.29 Å². The predicted octanol–water partition coefficient (Wildman–Crippen LogP) is 4.12. The summed E-state index contributed by atoms with van der Waals surface area (Å²) in [7, 11) is 0. The largest absolute Gasteiger partial charge is 0.489 e. The van der Waals surface area contributed by atoms with Gasteiger partial charge in [-0.05, 0) is 34.1 Å². The predicted molar refractivity (Wildman–Crippen MR) is 70.2 cm³/mol. The molecule has 0 spiro atoms. The molecule has 0 fully saturated rings. The van der Waals surface area contributed by atoms with Gasteiger partial charge in [-0.25, -0.2) is 8.78 Å². The molecule has 0 bridgehead atoms. The molecule has 0 amide bonds. The zero-order valence-electron chi connectivity index (χ0n) is 9.70. The van der Waals surface area contributed by atoms with Crippen LogP contribution in [0.15, 0.2) is 40.9 Å². The number of benzene rings is 2. The van der Waals surface area contributed by atoms with E-state index in [1.807, 2.05) is 0 Å². The minimum Gasteiger partial charge on any atom is -0.489 e. The highest BCUT2D eigenvalue weighted by Gasteiger charge is 2.07. The zero-order chi connectivity index (χ0) is 13.8. The number of carbonyl (C=O) groups excluding carboxylic acids is 1. The molecule has 0 atom stereocenters. The summed E-state index contributed by atoms with van der Waals surface area (Å²) >= 11 is 3.11. The van der Waals surface area contributed by atoms with E-state index in [9.17, 15) is 13.6 Å². The van der Waals surface area contributed by atoms with Gasteiger partial charge in [-0.2, -0.15) is 0 Å². The first-order valence-electron chi connectivity index (χ1n) is 5.41. The van der Waals surface area contributed by atoms with Crippen molar-refractivity contribution in [1.82, 2.24) is 0 Å². The van der Waals surface area contributed by atoms with Gasteiger partial charge in [0.15, 0.2) is 0 Å². The molecule has 0 aliphatic carbocycles. The van der Waals surface area contributed by atoms with E-state index in [1.165, 1.54) is 18.2 Å². The molecule has 2 rings (SSSR count). The van der Waals surface area contributed by atoms with Crippen LogP contribution in [0.5, 0.6) is 5.75 Å². The maximum Gasteiger partial charge on any atom is 0.150 e. The molecule has 19 heavy (non-hydrogen) atoms. The lowest BCUT2D eigenvalue weighted by atomic mass is 10.2. The Morgan fingerprint density at radius 3 is 2.74 bits per heavy atom. The fraction of sp³-hybridized carbons (Fsp3) is 0.0714. The van der Waals surface area contributed by atoms with Crippen molar-refractivity contribution in [3.63, 3.8) is 0 Å². The van der Waals surface area contributed by atoms with Crippen LogP contribution in [0.2, 0.25) is 0 Å². The van der Waals surface area contributed by atoms with Gasteiger partial charge in [0.25, 0.3) is 0 Å². The number of halogens is 3. The second-order valence-corrected chi connectivity index (χ2v) is 4.63. The van der Waals surface area contributed by atoms with E-state index in [0.717, 1.165) is 6.07 Å². The van der Waals surface area contributed by atoms with Crippen molar-refractivity contribution in [3.05, 3.63) is 63.6 Å². The Morgan fingerprint density at radius 2 is 2.00 bits per heavy atom. The molecule has 0 aliphatic rings. The van der Waals surface area contributed by atoms with Crippen molar-refractivity contribution in [1.29, 1.82) is 0 Å². The molecule has 5 heteroatoms. The van der Waals surface area contributed by atoms with Crippen molar-refractivity contribution < 1.29 is 18.3 Å². The average Bonchev–Trinajstić information content (AvgIpc) is 2.40. The number of rotatable bonds is 4. The molecule has 0 saturated heterocycles. The van der Waals surface area contributed by atoms with Crippen LogP contribution in [0.3, 0.4) is 0 Å². The Labute approximate surface area is 117 Å². The van der Waals surface area contributed by atoms with E-state index < -0.39 is 11.6 Å². The normalized spacial score (nSPS) is 10.3. The van der Waals surface area contributed by atoms with Gasteiger partial charge in [-0.1, -0.05) is 12.1 Å². The van der Waals surface area contributed by atoms with Crippen LogP contribution in [-0.2, 0) is 6.61 Å². The lowest BCUT2D eigenvalue weighted by Crippen LogP contribution is -1.99. The third-order valence-corrected chi connectivity index (χ3v) is 3.34. The zero-order valence-corrected chi connectivity index (χ0v) is 11.3. The molecule has 0 N–H and O–H groups in total. The first-order valence-corrected chi connectivity index (χ1v) is 6.21. The molecule has 0 aliphatic heterocycles. The highest BCUT2D eigenvalue weighted by Crippen LogP contribution is 2.23. The summed E-state index contributed by atoms with van der Waals surface area (Å²) in [6, 6.07) is 8.26. The number of ether oxygens (including phenoxy) is 1. The maximum atomic E-state index is 13.3. The second-order valence-electron chi connectivity index (χ2n) is 3.84. The molecule has 0 unspecified atom stereocenters. The van der Waals surface area contributed by atoms with E-state index in [-0.39, 0.29) is 17.9 Å². The van der Waals surface area contributed by atoms with E-state index in [4.69, 9.17) is 4.74 Å². The Kier molecular flexibility index (Phi) is 4.27. The number of hydrogen-bond acceptors (Lipinski definition) is 2. The maximum absolute atomic E-state index is 13.3. The average molecular weight is 327 g/mol. The van der Waals surface area contributed by atoms with Gasteiger partial charge in [0.2, 0.25) is 0 Å². The van der Waals surface area contributed by atoms with Crippen molar-refractivity contribution in [2.75, 3.05) is 0 Å². The Morgan fingerprint density at radius 1 is 1.21 bits per heavy atom. The summed E-state index contributed by atoms with van der Waals surface area (Å²) in [6.45, 7) is 0.0695. The Bertz CT molecular complexity index is 614. The molecule has 0 radical (unpaired) electrons. The minimum atomic E-state index is -0.557. The first-order chi connectivity index (χ1) is 9.10. The van der Waals surface area contributed by atoms with Gasteiger partial charge in [0, 0.05) is 17.2 Å². The third-order valence-electron chi connectivity index (χ3n) is 2.46. The van der Waals surface area contributed by atoms with Crippen LogP contribution in [0.25, 0.3) is 0 Å². The topological polar surface area (TPSA) is 26.3 Å². The highest BCUT2D eigenvalue weighted by molar-refractivity contribution is 9.10. The quantitative estimate of drug-likeness (QED) is 0.790. The standard InChI is InChI=1S/C14H9BrF2O2/c15-14-10(2-1-3-13(14)17)8-19-12-5-9(7-18)4-11(16)6-12/h1-7H,8H2. The fourth-order valence-electron chi connectivity index (χ4n) is 1.56. The Hall–Kier alpha value is -1.75. The van der Waals surface area contributed by atoms with Crippen molar-refractivity contribution in [2.45, 2.75) is 6.61 Å². The van der Waals surface area contributed by atoms with Gasteiger partial charge >= 0.3 is 0 Å². The second kappa shape index (κ2) is 5.93. The summed E-state index contributed by atoms with van der Waals surface area (Å²) < 4.78 is 32.1. The van der Waals surface area contributed by atoms with E-state index in [1.54, 1.807) is 12.1 Å². The summed E-state index contributed by atoms with van der Waals surface area (Å²) in [5.74, 6) is -0.731. The molecule has 2 nitrogen and oxygen atoms in total. The van der Waals surface area contributed by atoms with Gasteiger partial charge in [-0.3, -0.25) is 4.79 Å². The van der Waals surface area contributed by atoms with E-state index >= 15 is 0 Å². The van der Waals surface area contributed by atoms with Gasteiger partial charge < -0.3 is 4.74 Å².